The Kier molecular flexibility index (Phi) is 6.87. The number of nitrogens with one attached hydrogen (secondary N) is 1. The number of carbonyl (C=O) groups is 1. The van der Waals surface area contributed by atoms with Gasteiger partial charge in [-0.1, -0.05) is 24.3 Å². The normalized spacial score (nSPS) is 15.7. The molecule has 2 aromatic rings. The lowest BCUT2D eigenvalue weighted by Crippen LogP contribution is -2.43. The number of halogens is 1. The van der Waals surface area contributed by atoms with Gasteiger partial charge >= 0.3 is 6.03 Å². The van der Waals surface area contributed by atoms with Crippen molar-refractivity contribution >= 4 is 16.1 Å². The Morgan fingerprint density at radius 1 is 1.03 bits per heavy atom. The Hall–Kier alpha value is -2.45. The van der Waals surface area contributed by atoms with Crippen molar-refractivity contribution < 1.29 is 17.6 Å². The number of rotatable bonds is 5. The molecule has 0 aliphatic carbocycles. The molecule has 2 aromatic carbocycles. The first-order valence-corrected chi connectivity index (χ1v) is 11.1. The number of urea groups is 1. The van der Waals surface area contributed by atoms with Gasteiger partial charge in [0.05, 0.1) is 4.90 Å². The van der Waals surface area contributed by atoms with E-state index >= 15 is 0 Å². The lowest BCUT2D eigenvalue weighted by molar-refractivity contribution is 0.200. The standard InChI is InChI=1S/C21H26FN3O3S/c1-17-5-2-3-6-18(17)11-12-23-21(26)24-13-4-14-25(16-15-24)29(27,28)20-9-7-19(22)8-10-20/h2-3,5-10H,4,11-16H2,1H3,(H,23,26). The van der Waals surface area contributed by atoms with Crippen molar-refractivity contribution in [2.24, 2.45) is 0 Å². The minimum Gasteiger partial charge on any atom is -0.338 e. The molecule has 156 valence electrons. The van der Waals surface area contributed by atoms with Crippen LogP contribution in [0.2, 0.25) is 0 Å². The first-order valence-electron chi connectivity index (χ1n) is 9.71. The van der Waals surface area contributed by atoms with Crippen molar-refractivity contribution in [3.8, 4) is 0 Å². The van der Waals surface area contributed by atoms with E-state index < -0.39 is 15.8 Å². The maximum Gasteiger partial charge on any atom is 0.317 e. The van der Waals surface area contributed by atoms with Gasteiger partial charge in [-0.05, 0) is 55.2 Å². The van der Waals surface area contributed by atoms with Crippen LogP contribution in [0.15, 0.2) is 53.4 Å². The molecule has 1 aliphatic heterocycles. The van der Waals surface area contributed by atoms with Gasteiger partial charge < -0.3 is 10.2 Å². The highest BCUT2D eigenvalue weighted by atomic mass is 32.2. The van der Waals surface area contributed by atoms with E-state index in [9.17, 15) is 17.6 Å². The maximum atomic E-state index is 13.1. The summed E-state index contributed by atoms with van der Waals surface area (Å²) < 4.78 is 40.0. The Labute approximate surface area is 171 Å². The van der Waals surface area contributed by atoms with Crippen LogP contribution in [-0.2, 0) is 16.4 Å². The van der Waals surface area contributed by atoms with Crippen molar-refractivity contribution in [2.75, 3.05) is 32.7 Å². The van der Waals surface area contributed by atoms with E-state index in [1.807, 2.05) is 31.2 Å². The van der Waals surface area contributed by atoms with Crippen LogP contribution in [0.25, 0.3) is 0 Å². The second-order valence-corrected chi connectivity index (χ2v) is 9.04. The van der Waals surface area contributed by atoms with E-state index in [1.54, 1.807) is 4.90 Å². The van der Waals surface area contributed by atoms with Gasteiger partial charge in [0.15, 0.2) is 0 Å². The highest BCUT2D eigenvalue weighted by molar-refractivity contribution is 7.89. The highest BCUT2D eigenvalue weighted by Crippen LogP contribution is 2.18. The van der Waals surface area contributed by atoms with Crippen molar-refractivity contribution in [3.05, 3.63) is 65.5 Å². The Morgan fingerprint density at radius 2 is 1.76 bits per heavy atom. The predicted octanol–water partition coefficient (Wildman–Crippen LogP) is 2.78. The van der Waals surface area contributed by atoms with Crippen LogP contribution >= 0.6 is 0 Å². The molecule has 0 atom stereocenters. The summed E-state index contributed by atoms with van der Waals surface area (Å²) in [6.45, 7) is 3.92. The number of nitrogens with zero attached hydrogens (tertiary/aromatic N) is 2. The SMILES string of the molecule is Cc1ccccc1CCNC(=O)N1CCCN(S(=O)(=O)c2ccc(F)cc2)CC1. The molecule has 0 bridgehead atoms. The number of amides is 2. The zero-order valence-electron chi connectivity index (χ0n) is 16.5. The largest absolute Gasteiger partial charge is 0.338 e. The average Bonchev–Trinajstić information content (AvgIpc) is 2.96. The number of hydrogen-bond acceptors (Lipinski definition) is 3. The molecule has 1 N–H and O–H groups in total. The van der Waals surface area contributed by atoms with E-state index in [2.05, 4.69) is 5.32 Å². The molecule has 8 heteroatoms. The Bertz CT molecular complexity index is 948. The van der Waals surface area contributed by atoms with Crippen LogP contribution in [0, 0.1) is 12.7 Å². The minimum atomic E-state index is -3.70. The third kappa shape index (κ3) is 5.33. The lowest BCUT2D eigenvalue weighted by Gasteiger charge is -2.22. The molecule has 1 heterocycles. The number of hydrogen-bond donors (Lipinski definition) is 1. The fraction of sp³-hybridized carbons (Fsp3) is 0.381. The predicted molar refractivity (Wildman–Crippen MR) is 110 cm³/mol. The third-order valence-corrected chi connectivity index (χ3v) is 7.04. The molecule has 1 fully saturated rings. The van der Waals surface area contributed by atoms with E-state index in [-0.39, 0.29) is 17.5 Å². The Morgan fingerprint density at radius 3 is 2.48 bits per heavy atom. The van der Waals surface area contributed by atoms with Gasteiger partial charge in [0.2, 0.25) is 10.0 Å². The second kappa shape index (κ2) is 9.37. The van der Waals surface area contributed by atoms with Gasteiger partial charge in [-0.25, -0.2) is 17.6 Å². The molecule has 0 radical (unpaired) electrons. The van der Waals surface area contributed by atoms with Crippen LogP contribution in [0.5, 0.6) is 0 Å². The molecule has 0 aromatic heterocycles. The Balaban J connectivity index is 1.54. The van der Waals surface area contributed by atoms with E-state index in [0.29, 0.717) is 32.6 Å². The molecule has 0 unspecified atom stereocenters. The zero-order valence-corrected chi connectivity index (χ0v) is 17.3. The minimum absolute atomic E-state index is 0.0648. The molecule has 29 heavy (non-hydrogen) atoms. The van der Waals surface area contributed by atoms with Gasteiger partial charge in [-0.3, -0.25) is 0 Å². The van der Waals surface area contributed by atoms with Crippen LogP contribution in [0.3, 0.4) is 0 Å². The summed E-state index contributed by atoms with van der Waals surface area (Å²) >= 11 is 0. The van der Waals surface area contributed by atoms with E-state index in [0.717, 1.165) is 18.6 Å². The summed E-state index contributed by atoms with van der Waals surface area (Å²) in [4.78, 5) is 14.2. The summed E-state index contributed by atoms with van der Waals surface area (Å²) in [7, 11) is -3.70. The van der Waals surface area contributed by atoms with Gasteiger partial charge in [0, 0.05) is 32.7 Å². The average molecular weight is 420 g/mol. The summed E-state index contributed by atoms with van der Waals surface area (Å²) in [6.07, 6.45) is 1.29. The molecule has 1 aliphatic rings. The van der Waals surface area contributed by atoms with Crippen LogP contribution in [0.4, 0.5) is 9.18 Å². The zero-order chi connectivity index (χ0) is 20.9. The molecular formula is C21H26FN3O3S. The molecule has 0 saturated carbocycles. The van der Waals surface area contributed by atoms with Gasteiger partial charge in [-0.2, -0.15) is 4.31 Å². The first-order chi connectivity index (χ1) is 13.9. The maximum absolute atomic E-state index is 13.1. The van der Waals surface area contributed by atoms with Crippen molar-refractivity contribution in [1.29, 1.82) is 0 Å². The molecule has 0 spiro atoms. The van der Waals surface area contributed by atoms with Crippen LogP contribution < -0.4 is 5.32 Å². The van der Waals surface area contributed by atoms with E-state index in [1.165, 1.54) is 27.6 Å². The lowest BCUT2D eigenvalue weighted by atomic mass is 10.1. The smallest absolute Gasteiger partial charge is 0.317 e. The summed E-state index contributed by atoms with van der Waals surface area (Å²) in [5, 5.41) is 2.92. The van der Waals surface area contributed by atoms with Crippen molar-refractivity contribution in [3.63, 3.8) is 0 Å². The first kappa shape index (κ1) is 21.3. The third-order valence-electron chi connectivity index (χ3n) is 5.13. The molecule has 2 amide bonds. The van der Waals surface area contributed by atoms with Gasteiger partial charge in [-0.15, -0.1) is 0 Å². The quantitative estimate of drug-likeness (QED) is 0.810. The number of sulfonamides is 1. The van der Waals surface area contributed by atoms with Gasteiger partial charge in [0.25, 0.3) is 0 Å². The van der Waals surface area contributed by atoms with Crippen molar-refractivity contribution in [2.45, 2.75) is 24.7 Å². The fourth-order valence-electron chi connectivity index (χ4n) is 3.40. The summed E-state index contributed by atoms with van der Waals surface area (Å²) in [5.74, 6) is -0.478. The monoisotopic (exact) mass is 419 g/mol. The molecule has 6 nitrogen and oxygen atoms in total. The topological polar surface area (TPSA) is 69.7 Å². The summed E-state index contributed by atoms with van der Waals surface area (Å²) in [5.41, 5.74) is 2.39. The number of benzene rings is 2. The van der Waals surface area contributed by atoms with Crippen LogP contribution in [0.1, 0.15) is 17.5 Å². The van der Waals surface area contributed by atoms with Gasteiger partial charge in [0.1, 0.15) is 5.82 Å². The fourth-order valence-corrected chi connectivity index (χ4v) is 4.87. The van der Waals surface area contributed by atoms with Crippen LogP contribution in [-0.4, -0.2) is 56.4 Å². The second-order valence-electron chi connectivity index (χ2n) is 7.11. The van der Waals surface area contributed by atoms with Crippen molar-refractivity contribution in [1.82, 2.24) is 14.5 Å². The number of aryl methyl sites for hydroxylation is 1. The molecule has 1 saturated heterocycles. The highest BCUT2D eigenvalue weighted by Gasteiger charge is 2.28. The summed E-state index contributed by atoms with van der Waals surface area (Å²) in [6, 6.07) is 12.7. The molecule has 3 rings (SSSR count). The molecular weight excluding hydrogens is 393 g/mol. The number of carbonyl (C=O) groups excluding carboxylic acids is 1. The van der Waals surface area contributed by atoms with E-state index in [4.69, 9.17) is 0 Å².